The summed E-state index contributed by atoms with van der Waals surface area (Å²) in [5.41, 5.74) is 3.55. The van der Waals surface area contributed by atoms with Gasteiger partial charge in [0.1, 0.15) is 0 Å². The Labute approximate surface area is 166 Å². The van der Waals surface area contributed by atoms with Crippen LogP contribution in [0.3, 0.4) is 0 Å². The fourth-order valence-electron chi connectivity index (χ4n) is 3.30. The van der Waals surface area contributed by atoms with Crippen LogP contribution in [0.15, 0.2) is 36.4 Å². The number of amides is 1. The maximum Gasteiger partial charge on any atom is 0.331 e. The van der Waals surface area contributed by atoms with Crippen LogP contribution >= 0.6 is 0 Å². The van der Waals surface area contributed by atoms with Crippen molar-refractivity contribution in [1.29, 1.82) is 0 Å². The van der Waals surface area contributed by atoms with Gasteiger partial charge in [-0.1, -0.05) is 18.2 Å². The number of aryl methyl sites for hydroxylation is 1. The molecule has 0 radical (unpaired) electrons. The van der Waals surface area contributed by atoms with Crippen molar-refractivity contribution in [3.05, 3.63) is 53.4 Å². The van der Waals surface area contributed by atoms with Crippen molar-refractivity contribution < 1.29 is 14.3 Å². The zero-order valence-corrected chi connectivity index (χ0v) is 17.5. The summed E-state index contributed by atoms with van der Waals surface area (Å²) in [4.78, 5) is 26.1. The van der Waals surface area contributed by atoms with Crippen molar-refractivity contribution >= 4 is 18.0 Å². The molecule has 0 spiro atoms. The Morgan fingerprint density at radius 3 is 2.29 bits per heavy atom. The molecule has 0 unspecified atom stereocenters. The van der Waals surface area contributed by atoms with Gasteiger partial charge >= 0.3 is 5.97 Å². The minimum absolute atomic E-state index is 0.0517. The van der Waals surface area contributed by atoms with Gasteiger partial charge in [0.2, 0.25) is 0 Å². The molecule has 0 fully saturated rings. The molecule has 0 bridgehead atoms. The van der Waals surface area contributed by atoms with Crippen LogP contribution in [0, 0.1) is 13.8 Å². The highest BCUT2D eigenvalue weighted by Crippen LogP contribution is 2.19. The lowest BCUT2D eigenvalue weighted by Crippen LogP contribution is -2.44. The molecular weight excluding hydrogens is 354 g/mol. The largest absolute Gasteiger partial charge is 0.452 e. The quantitative estimate of drug-likeness (QED) is 0.540. The molecule has 1 aromatic heterocycles. The average molecular weight is 383 g/mol. The van der Waals surface area contributed by atoms with E-state index < -0.39 is 5.97 Å². The van der Waals surface area contributed by atoms with Gasteiger partial charge < -0.3 is 9.64 Å². The fourth-order valence-corrected chi connectivity index (χ4v) is 3.30. The first-order valence-corrected chi connectivity index (χ1v) is 9.50. The molecule has 2 rings (SSSR count). The Morgan fingerprint density at radius 1 is 1.11 bits per heavy atom. The molecule has 0 aliphatic rings. The fraction of sp³-hybridized carbons (Fsp3) is 0.409. The first-order chi connectivity index (χ1) is 13.2. The minimum atomic E-state index is -0.549. The molecule has 6 heteroatoms. The van der Waals surface area contributed by atoms with E-state index >= 15 is 0 Å². The number of rotatable bonds is 7. The Bertz CT molecular complexity index is 843. The number of hydrogen-bond acceptors (Lipinski definition) is 4. The normalized spacial score (nSPS) is 11.4. The Balaban J connectivity index is 2.05. The van der Waals surface area contributed by atoms with Crippen LogP contribution < -0.4 is 0 Å². The predicted octanol–water partition coefficient (Wildman–Crippen LogP) is 3.69. The van der Waals surface area contributed by atoms with Crippen LogP contribution in [0.1, 0.15) is 44.6 Å². The molecule has 150 valence electrons. The first-order valence-electron chi connectivity index (χ1n) is 9.50. The Hall–Kier alpha value is -2.89. The lowest BCUT2D eigenvalue weighted by Gasteiger charge is -2.30. The third-order valence-corrected chi connectivity index (χ3v) is 4.47. The van der Waals surface area contributed by atoms with E-state index in [1.807, 2.05) is 76.6 Å². The van der Waals surface area contributed by atoms with Crippen molar-refractivity contribution in [2.45, 2.75) is 53.6 Å². The molecule has 0 saturated heterocycles. The summed E-state index contributed by atoms with van der Waals surface area (Å²) in [5, 5.41) is 4.55. The number of aromatic nitrogens is 2. The Kier molecular flexibility index (Phi) is 7.15. The molecule has 0 aliphatic heterocycles. The summed E-state index contributed by atoms with van der Waals surface area (Å²) in [6, 6.07) is 9.91. The number of nitrogens with zero attached hydrogens (tertiary/aromatic N) is 3. The van der Waals surface area contributed by atoms with Gasteiger partial charge in [-0.25, -0.2) is 9.48 Å². The van der Waals surface area contributed by atoms with Crippen LogP contribution in [0.25, 0.3) is 11.8 Å². The van der Waals surface area contributed by atoms with Crippen LogP contribution in [0.4, 0.5) is 0 Å². The standard InChI is InChI=1S/C22H29N3O3/c1-15(2)24(16(3)4)21(26)14-28-22(27)13-12-20-17(5)23-25(18(20)6)19-10-8-7-9-11-19/h7-13,15-16H,14H2,1-6H3/b13-12+. The van der Waals surface area contributed by atoms with Crippen molar-refractivity contribution in [2.24, 2.45) is 0 Å². The monoisotopic (exact) mass is 383 g/mol. The lowest BCUT2D eigenvalue weighted by molar-refractivity contribution is -0.150. The third-order valence-electron chi connectivity index (χ3n) is 4.47. The number of hydrogen-bond donors (Lipinski definition) is 0. The van der Waals surface area contributed by atoms with E-state index in [9.17, 15) is 9.59 Å². The molecule has 1 heterocycles. The summed E-state index contributed by atoms with van der Waals surface area (Å²) in [6.45, 7) is 11.3. The van der Waals surface area contributed by atoms with Gasteiger partial charge in [0.25, 0.3) is 5.91 Å². The maximum absolute atomic E-state index is 12.3. The van der Waals surface area contributed by atoms with E-state index in [1.165, 1.54) is 6.08 Å². The van der Waals surface area contributed by atoms with Gasteiger partial charge in [0, 0.05) is 29.4 Å². The summed E-state index contributed by atoms with van der Waals surface area (Å²) in [7, 11) is 0. The SMILES string of the molecule is Cc1nn(-c2ccccc2)c(C)c1/C=C/C(=O)OCC(=O)N(C(C)C)C(C)C. The van der Waals surface area contributed by atoms with Gasteiger partial charge in [0.15, 0.2) is 6.61 Å². The predicted molar refractivity (Wildman–Crippen MR) is 110 cm³/mol. The summed E-state index contributed by atoms with van der Waals surface area (Å²) in [5.74, 6) is -0.747. The van der Waals surface area contributed by atoms with Gasteiger partial charge in [-0.2, -0.15) is 5.10 Å². The van der Waals surface area contributed by atoms with E-state index in [0.29, 0.717) is 0 Å². The highest BCUT2D eigenvalue weighted by molar-refractivity contribution is 5.89. The van der Waals surface area contributed by atoms with Crippen molar-refractivity contribution in [2.75, 3.05) is 6.61 Å². The number of benzene rings is 1. The van der Waals surface area contributed by atoms with Crippen molar-refractivity contribution in [3.8, 4) is 5.69 Å². The highest BCUT2D eigenvalue weighted by Gasteiger charge is 2.21. The molecule has 0 atom stereocenters. The number of ether oxygens (including phenoxy) is 1. The smallest absolute Gasteiger partial charge is 0.331 e. The average Bonchev–Trinajstić information content (AvgIpc) is 2.92. The molecule has 0 saturated carbocycles. The minimum Gasteiger partial charge on any atom is -0.452 e. The highest BCUT2D eigenvalue weighted by atomic mass is 16.5. The number of para-hydroxylation sites is 1. The van der Waals surface area contributed by atoms with E-state index in [4.69, 9.17) is 4.74 Å². The second-order valence-electron chi connectivity index (χ2n) is 7.26. The molecule has 0 N–H and O–H groups in total. The van der Waals surface area contributed by atoms with E-state index in [-0.39, 0.29) is 24.6 Å². The van der Waals surface area contributed by atoms with Crippen molar-refractivity contribution in [1.82, 2.24) is 14.7 Å². The summed E-state index contributed by atoms with van der Waals surface area (Å²) >= 11 is 0. The van der Waals surface area contributed by atoms with E-state index in [0.717, 1.165) is 22.6 Å². The van der Waals surface area contributed by atoms with E-state index in [2.05, 4.69) is 5.10 Å². The number of carbonyl (C=O) groups is 2. The summed E-state index contributed by atoms with van der Waals surface area (Å²) in [6.07, 6.45) is 3.03. The third kappa shape index (κ3) is 5.09. The zero-order valence-electron chi connectivity index (χ0n) is 17.5. The molecule has 28 heavy (non-hydrogen) atoms. The van der Waals surface area contributed by atoms with E-state index in [1.54, 1.807) is 11.0 Å². The van der Waals surface area contributed by atoms with Crippen LogP contribution in [-0.2, 0) is 14.3 Å². The van der Waals surface area contributed by atoms with Crippen molar-refractivity contribution in [3.63, 3.8) is 0 Å². The number of esters is 1. The lowest BCUT2D eigenvalue weighted by atomic mass is 10.2. The maximum atomic E-state index is 12.3. The molecular formula is C22H29N3O3. The van der Waals surface area contributed by atoms with Crippen LogP contribution in [-0.4, -0.2) is 45.2 Å². The Morgan fingerprint density at radius 2 is 1.71 bits per heavy atom. The van der Waals surface area contributed by atoms with Gasteiger partial charge in [-0.15, -0.1) is 0 Å². The van der Waals surface area contributed by atoms with Gasteiger partial charge in [0.05, 0.1) is 11.4 Å². The summed E-state index contributed by atoms with van der Waals surface area (Å²) < 4.78 is 6.97. The second-order valence-corrected chi connectivity index (χ2v) is 7.26. The van der Waals surface area contributed by atoms with Crippen LogP contribution in [0.5, 0.6) is 0 Å². The number of carbonyl (C=O) groups excluding carboxylic acids is 2. The molecule has 6 nitrogen and oxygen atoms in total. The van der Waals surface area contributed by atoms with Gasteiger partial charge in [-0.3, -0.25) is 4.79 Å². The molecule has 2 aromatic rings. The van der Waals surface area contributed by atoms with Gasteiger partial charge in [-0.05, 0) is 59.8 Å². The zero-order chi connectivity index (χ0) is 20.8. The molecule has 0 aliphatic carbocycles. The second kappa shape index (κ2) is 9.35. The topological polar surface area (TPSA) is 64.4 Å². The molecule has 1 amide bonds. The van der Waals surface area contributed by atoms with Crippen LogP contribution in [0.2, 0.25) is 0 Å². The first kappa shape index (κ1) is 21.4. The molecule has 1 aromatic carbocycles.